The maximum Gasteiger partial charge on any atom is 0.262 e. The smallest absolute Gasteiger partial charge is 0.262 e. The molecule has 0 unspecified atom stereocenters. The molecule has 0 fully saturated rings. The van der Waals surface area contributed by atoms with Crippen molar-refractivity contribution in [1.82, 2.24) is 0 Å². The molecule has 0 radical (unpaired) electrons. The Labute approximate surface area is 169 Å². The van der Waals surface area contributed by atoms with Crippen LogP contribution in [-0.2, 0) is 11.4 Å². The SMILES string of the molecule is CCOc1ccccc1OCC(=O)Nc1cccc(OCc2ccc(F)cc2)c1. The van der Waals surface area contributed by atoms with Crippen molar-refractivity contribution in [2.24, 2.45) is 0 Å². The Morgan fingerprint density at radius 3 is 2.34 bits per heavy atom. The monoisotopic (exact) mass is 395 g/mol. The molecule has 3 aromatic carbocycles. The summed E-state index contributed by atoms with van der Waals surface area (Å²) in [5.41, 5.74) is 1.44. The van der Waals surface area contributed by atoms with Gasteiger partial charge in [-0.2, -0.15) is 0 Å². The number of halogens is 1. The highest BCUT2D eigenvalue weighted by Crippen LogP contribution is 2.26. The Hall–Kier alpha value is -3.54. The summed E-state index contributed by atoms with van der Waals surface area (Å²) < 4.78 is 29.7. The average molecular weight is 395 g/mol. The minimum atomic E-state index is -0.299. The van der Waals surface area contributed by atoms with Crippen molar-refractivity contribution in [2.75, 3.05) is 18.5 Å². The fraction of sp³-hybridized carbons (Fsp3) is 0.174. The standard InChI is InChI=1S/C23H22FNO4/c1-2-27-21-8-3-4-9-22(21)29-16-23(26)25-19-6-5-7-20(14-19)28-15-17-10-12-18(24)13-11-17/h3-14H,2,15-16H2,1H3,(H,25,26). The molecule has 0 aromatic heterocycles. The van der Waals surface area contributed by atoms with E-state index in [1.165, 1.54) is 12.1 Å². The number of ether oxygens (including phenoxy) is 3. The van der Waals surface area contributed by atoms with Gasteiger partial charge in [0.15, 0.2) is 18.1 Å². The lowest BCUT2D eigenvalue weighted by molar-refractivity contribution is -0.118. The second-order valence-electron chi connectivity index (χ2n) is 6.16. The lowest BCUT2D eigenvalue weighted by Crippen LogP contribution is -2.20. The summed E-state index contributed by atoms with van der Waals surface area (Å²) in [5.74, 6) is 1.12. The molecule has 6 heteroatoms. The third kappa shape index (κ3) is 6.24. The number of hydrogen-bond acceptors (Lipinski definition) is 4. The van der Waals surface area contributed by atoms with Crippen LogP contribution in [0.1, 0.15) is 12.5 Å². The Bertz CT molecular complexity index is 944. The van der Waals surface area contributed by atoms with Crippen molar-refractivity contribution in [3.8, 4) is 17.2 Å². The third-order valence-corrected chi connectivity index (χ3v) is 3.94. The first kappa shape index (κ1) is 20.2. The number of nitrogens with one attached hydrogen (secondary N) is 1. The highest BCUT2D eigenvalue weighted by atomic mass is 19.1. The minimum Gasteiger partial charge on any atom is -0.490 e. The number of hydrogen-bond donors (Lipinski definition) is 1. The van der Waals surface area contributed by atoms with Crippen molar-refractivity contribution in [1.29, 1.82) is 0 Å². The van der Waals surface area contributed by atoms with Crippen LogP contribution in [0.25, 0.3) is 0 Å². The molecule has 1 amide bonds. The molecular weight excluding hydrogens is 373 g/mol. The van der Waals surface area contributed by atoms with Gasteiger partial charge in [0.25, 0.3) is 5.91 Å². The van der Waals surface area contributed by atoms with Crippen LogP contribution in [0.5, 0.6) is 17.2 Å². The highest BCUT2D eigenvalue weighted by Gasteiger charge is 2.08. The van der Waals surface area contributed by atoms with E-state index >= 15 is 0 Å². The maximum absolute atomic E-state index is 13.0. The van der Waals surface area contributed by atoms with Crippen LogP contribution < -0.4 is 19.5 Å². The second-order valence-corrected chi connectivity index (χ2v) is 6.16. The normalized spacial score (nSPS) is 10.3. The lowest BCUT2D eigenvalue weighted by atomic mass is 10.2. The van der Waals surface area contributed by atoms with Gasteiger partial charge in [-0.05, 0) is 48.9 Å². The Morgan fingerprint density at radius 1 is 0.897 bits per heavy atom. The van der Waals surface area contributed by atoms with Gasteiger partial charge in [0, 0.05) is 11.8 Å². The van der Waals surface area contributed by atoms with Crippen LogP contribution in [0.3, 0.4) is 0 Å². The lowest BCUT2D eigenvalue weighted by Gasteiger charge is -2.12. The Morgan fingerprint density at radius 2 is 1.62 bits per heavy atom. The van der Waals surface area contributed by atoms with Crippen molar-refractivity contribution in [3.05, 3.63) is 84.2 Å². The molecule has 0 aliphatic carbocycles. The number of amides is 1. The summed E-state index contributed by atoms with van der Waals surface area (Å²) >= 11 is 0. The Balaban J connectivity index is 1.53. The van der Waals surface area contributed by atoms with E-state index in [4.69, 9.17) is 14.2 Å². The van der Waals surface area contributed by atoms with Crippen molar-refractivity contribution in [3.63, 3.8) is 0 Å². The summed E-state index contributed by atoms with van der Waals surface area (Å²) in [6.45, 7) is 2.55. The van der Waals surface area contributed by atoms with Gasteiger partial charge in [0.2, 0.25) is 0 Å². The number of benzene rings is 3. The largest absolute Gasteiger partial charge is 0.490 e. The van der Waals surface area contributed by atoms with Gasteiger partial charge < -0.3 is 19.5 Å². The van der Waals surface area contributed by atoms with Gasteiger partial charge in [-0.15, -0.1) is 0 Å². The van der Waals surface area contributed by atoms with Gasteiger partial charge in [0.05, 0.1) is 6.61 Å². The summed E-state index contributed by atoms with van der Waals surface area (Å²) in [6.07, 6.45) is 0. The van der Waals surface area contributed by atoms with Gasteiger partial charge in [-0.1, -0.05) is 30.3 Å². The predicted octanol–water partition coefficient (Wildman–Crippen LogP) is 4.82. The molecule has 0 aliphatic rings. The molecule has 0 bridgehead atoms. The molecule has 1 N–H and O–H groups in total. The molecule has 0 saturated carbocycles. The molecule has 29 heavy (non-hydrogen) atoms. The van der Waals surface area contributed by atoms with E-state index in [2.05, 4.69) is 5.32 Å². The fourth-order valence-electron chi connectivity index (χ4n) is 2.60. The van der Waals surface area contributed by atoms with Crippen molar-refractivity contribution in [2.45, 2.75) is 13.5 Å². The van der Waals surface area contributed by atoms with E-state index in [1.807, 2.05) is 19.1 Å². The van der Waals surface area contributed by atoms with E-state index < -0.39 is 0 Å². The zero-order chi connectivity index (χ0) is 20.5. The number of para-hydroxylation sites is 2. The van der Waals surface area contributed by atoms with Crippen molar-refractivity contribution >= 4 is 11.6 Å². The third-order valence-electron chi connectivity index (χ3n) is 3.94. The van der Waals surface area contributed by atoms with Crippen LogP contribution >= 0.6 is 0 Å². The van der Waals surface area contributed by atoms with E-state index in [9.17, 15) is 9.18 Å². The summed E-state index contributed by atoms with van der Waals surface area (Å²) in [5, 5.41) is 2.78. The van der Waals surface area contributed by atoms with Crippen LogP contribution in [0.2, 0.25) is 0 Å². The number of rotatable bonds is 9. The molecule has 0 atom stereocenters. The van der Waals surface area contributed by atoms with Crippen LogP contribution in [-0.4, -0.2) is 19.1 Å². The molecular formula is C23H22FNO4. The van der Waals surface area contributed by atoms with Gasteiger partial charge >= 0.3 is 0 Å². The number of anilines is 1. The van der Waals surface area contributed by atoms with Gasteiger partial charge in [0.1, 0.15) is 18.2 Å². The van der Waals surface area contributed by atoms with E-state index in [0.29, 0.717) is 36.1 Å². The quantitative estimate of drug-likeness (QED) is 0.564. The first-order valence-corrected chi connectivity index (χ1v) is 9.26. The van der Waals surface area contributed by atoms with Gasteiger partial charge in [-0.3, -0.25) is 4.79 Å². The second kappa shape index (κ2) is 10.1. The molecule has 5 nitrogen and oxygen atoms in total. The maximum atomic E-state index is 13.0. The van der Waals surface area contributed by atoms with E-state index in [1.54, 1.807) is 48.5 Å². The molecule has 0 saturated heterocycles. The number of carbonyl (C=O) groups is 1. The minimum absolute atomic E-state index is 0.148. The predicted molar refractivity (Wildman–Crippen MR) is 109 cm³/mol. The summed E-state index contributed by atoms with van der Waals surface area (Å²) in [7, 11) is 0. The number of carbonyl (C=O) groups excluding carboxylic acids is 1. The van der Waals surface area contributed by atoms with E-state index in [0.717, 1.165) is 5.56 Å². The van der Waals surface area contributed by atoms with E-state index in [-0.39, 0.29) is 18.3 Å². The van der Waals surface area contributed by atoms with Crippen LogP contribution in [0, 0.1) is 5.82 Å². The Kier molecular flexibility index (Phi) is 7.05. The molecule has 0 heterocycles. The van der Waals surface area contributed by atoms with Crippen LogP contribution in [0.15, 0.2) is 72.8 Å². The first-order valence-electron chi connectivity index (χ1n) is 9.26. The van der Waals surface area contributed by atoms with Crippen molar-refractivity contribution < 1.29 is 23.4 Å². The first-order chi connectivity index (χ1) is 14.1. The molecule has 150 valence electrons. The van der Waals surface area contributed by atoms with Gasteiger partial charge in [-0.25, -0.2) is 4.39 Å². The van der Waals surface area contributed by atoms with Crippen LogP contribution in [0.4, 0.5) is 10.1 Å². The molecule has 3 aromatic rings. The zero-order valence-electron chi connectivity index (χ0n) is 16.1. The zero-order valence-corrected chi connectivity index (χ0v) is 16.1. The molecule has 3 rings (SSSR count). The molecule has 0 spiro atoms. The average Bonchev–Trinajstić information content (AvgIpc) is 2.73. The topological polar surface area (TPSA) is 56.8 Å². The summed E-state index contributed by atoms with van der Waals surface area (Å²) in [4.78, 5) is 12.2. The fourth-order valence-corrected chi connectivity index (χ4v) is 2.60. The highest BCUT2D eigenvalue weighted by molar-refractivity contribution is 5.92. The summed E-state index contributed by atoms with van der Waals surface area (Å²) in [6, 6.07) is 20.4. The molecule has 0 aliphatic heterocycles.